The molecule has 21 heavy (non-hydrogen) atoms. The Kier molecular flexibility index (Phi) is 3.46. The first-order valence-electron chi connectivity index (χ1n) is 6.99. The summed E-state index contributed by atoms with van der Waals surface area (Å²) in [6.45, 7) is 2.22. The van der Waals surface area contributed by atoms with Gasteiger partial charge in [-0.25, -0.2) is 0 Å². The predicted octanol–water partition coefficient (Wildman–Crippen LogP) is 3.13. The number of nitrogens with one attached hydrogen (secondary N) is 1. The number of alkyl halides is 3. The van der Waals surface area contributed by atoms with E-state index >= 15 is 0 Å². The number of anilines is 1. The molecule has 2 aromatic rings. The van der Waals surface area contributed by atoms with E-state index in [0.29, 0.717) is 11.7 Å². The van der Waals surface area contributed by atoms with Gasteiger partial charge in [0.25, 0.3) is 5.82 Å². The van der Waals surface area contributed by atoms with E-state index in [-0.39, 0.29) is 11.7 Å². The van der Waals surface area contributed by atoms with Crippen molar-refractivity contribution >= 4 is 11.5 Å². The Bertz CT molecular complexity index is 628. The Hall–Kier alpha value is -1.86. The molecular formula is C13H16F3N5. The van der Waals surface area contributed by atoms with Crippen LogP contribution in [0.25, 0.3) is 5.65 Å². The number of rotatable bonds is 2. The Balaban J connectivity index is 1.83. The monoisotopic (exact) mass is 299 g/mol. The molecule has 0 radical (unpaired) electrons. The molecule has 0 aliphatic heterocycles. The average molecular weight is 299 g/mol. The van der Waals surface area contributed by atoms with Crippen molar-refractivity contribution in [1.82, 2.24) is 19.8 Å². The number of halogens is 3. The van der Waals surface area contributed by atoms with Crippen molar-refractivity contribution < 1.29 is 13.2 Å². The first kappa shape index (κ1) is 14.1. The zero-order valence-electron chi connectivity index (χ0n) is 11.6. The van der Waals surface area contributed by atoms with Crippen LogP contribution in [0, 0.1) is 5.92 Å². The second-order valence-corrected chi connectivity index (χ2v) is 5.61. The van der Waals surface area contributed by atoms with Gasteiger partial charge in [0.1, 0.15) is 5.82 Å². The summed E-state index contributed by atoms with van der Waals surface area (Å²) in [5.41, 5.74) is 0.0881. The van der Waals surface area contributed by atoms with Crippen molar-refractivity contribution in [3.05, 3.63) is 18.0 Å². The summed E-state index contributed by atoms with van der Waals surface area (Å²) in [7, 11) is 0. The average Bonchev–Trinajstić information content (AvgIpc) is 2.84. The summed E-state index contributed by atoms with van der Waals surface area (Å²) in [4.78, 5) is 0. The minimum absolute atomic E-state index is 0.0881. The molecule has 114 valence electrons. The molecule has 0 saturated heterocycles. The van der Waals surface area contributed by atoms with Gasteiger partial charge in [0.15, 0.2) is 5.65 Å². The molecule has 0 unspecified atom stereocenters. The van der Waals surface area contributed by atoms with E-state index < -0.39 is 12.0 Å². The molecule has 1 saturated carbocycles. The van der Waals surface area contributed by atoms with Crippen LogP contribution in [0.3, 0.4) is 0 Å². The van der Waals surface area contributed by atoms with E-state index in [4.69, 9.17) is 0 Å². The van der Waals surface area contributed by atoms with Crippen molar-refractivity contribution in [3.8, 4) is 0 Å². The molecule has 2 aromatic heterocycles. The zero-order chi connectivity index (χ0) is 15.0. The van der Waals surface area contributed by atoms with E-state index in [9.17, 15) is 13.2 Å². The van der Waals surface area contributed by atoms with Gasteiger partial charge in [0.05, 0.1) is 0 Å². The topological polar surface area (TPSA) is 55.1 Å². The second kappa shape index (κ2) is 5.16. The highest BCUT2D eigenvalue weighted by atomic mass is 19.4. The van der Waals surface area contributed by atoms with Crippen molar-refractivity contribution in [3.63, 3.8) is 0 Å². The van der Waals surface area contributed by atoms with Gasteiger partial charge in [-0.15, -0.1) is 15.3 Å². The maximum absolute atomic E-state index is 12.8. The lowest BCUT2D eigenvalue weighted by atomic mass is 9.87. The minimum atomic E-state index is -4.56. The molecule has 0 spiro atoms. The van der Waals surface area contributed by atoms with E-state index in [1.54, 1.807) is 6.07 Å². The standard InChI is InChI=1S/C13H16F3N5/c1-8-2-4-9(5-3-8)17-10-6-7-11-18-19-12(13(14,15)16)21(11)20-10/h6-9H,2-5H2,1H3,(H,17,20). The lowest BCUT2D eigenvalue weighted by molar-refractivity contribution is -0.146. The molecule has 3 rings (SSSR count). The van der Waals surface area contributed by atoms with Gasteiger partial charge < -0.3 is 5.32 Å². The van der Waals surface area contributed by atoms with Gasteiger partial charge in [0.2, 0.25) is 0 Å². The third kappa shape index (κ3) is 2.93. The zero-order valence-corrected chi connectivity index (χ0v) is 11.6. The minimum Gasteiger partial charge on any atom is -0.366 e. The van der Waals surface area contributed by atoms with Gasteiger partial charge in [-0.2, -0.15) is 17.7 Å². The van der Waals surface area contributed by atoms with Crippen molar-refractivity contribution in [2.24, 2.45) is 5.92 Å². The van der Waals surface area contributed by atoms with E-state index in [1.807, 2.05) is 0 Å². The maximum Gasteiger partial charge on any atom is 0.453 e. The first-order chi connectivity index (χ1) is 9.93. The molecule has 0 aromatic carbocycles. The van der Waals surface area contributed by atoms with Crippen LogP contribution in [-0.2, 0) is 6.18 Å². The molecule has 0 amide bonds. The second-order valence-electron chi connectivity index (χ2n) is 5.61. The largest absolute Gasteiger partial charge is 0.453 e. The van der Waals surface area contributed by atoms with Crippen LogP contribution >= 0.6 is 0 Å². The quantitative estimate of drug-likeness (QED) is 0.925. The van der Waals surface area contributed by atoms with Crippen LogP contribution in [0.5, 0.6) is 0 Å². The lowest BCUT2D eigenvalue weighted by Gasteiger charge is -2.27. The van der Waals surface area contributed by atoms with Crippen LogP contribution in [0.1, 0.15) is 38.4 Å². The fourth-order valence-electron chi connectivity index (χ4n) is 2.66. The van der Waals surface area contributed by atoms with E-state index in [2.05, 4.69) is 27.5 Å². The maximum atomic E-state index is 12.8. The van der Waals surface area contributed by atoms with Crippen LogP contribution in [0.15, 0.2) is 12.1 Å². The van der Waals surface area contributed by atoms with Gasteiger partial charge in [-0.05, 0) is 43.7 Å². The predicted molar refractivity (Wildman–Crippen MR) is 70.8 cm³/mol. The molecule has 1 N–H and O–H groups in total. The molecule has 8 heteroatoms. The highest BCUT2D eigenvalue weighted by molar-refractivity contribution is 5.44. The molecule has 2 heterocycles. The number of aromatic nitrogens is 4. The smallest absolute Gasteiger partial charge is 0.366 e. The van der Waals surface area contributed by atoms with Crippen molar-refractivity contribution in [1.29, 1.82) is 0 Å². The van der Waals surface area contributed by atoms with Crippen LogP contribution in [-0.4, -0.2) is 25.9 Å². The van der Waals surface area contributed by atoms with Gasteiger partial charge in [-0.3, -0.25) is 0 Å². The normalized spacial score (nSPS) is 23.4. The van der Waals surface area contributed by atoms with Crippen LogP contribution < -0.4 is 5.32 Å². The summed E-state index contributed by atoms with van der Waals surface area (Å²) >= 11 is 0. The SMILES string of the molecule is CC1CCC(Nc2ccc3nnc(C(F)(F)F)n3n2)CC1. The summed E-state index contributed by atoms with van der Waals surface area (Å²) in [6, 6.07) is 3.39. The fourth-order valence-corrected chi connectivity index (χ4v) is 2.66. The highest BCUT2D eigenvalue weighted by Gasteiger charge is 2.37. The molecule has 1 aliphatic carbocycles. The van der Waals surface area contributed by atoms with Crippen molar-refractivity contribution in [2.45, 2.75) is 44.8 Å². The van der Waals surface area contributed by atoms with Crippen LogP contribution in [0.4, 0.5) is 19.0 Å². The molecular weight excluding hydrogens is 283 g/mol. The molecule has 0 bridgehead atoms. The molecule has 1 aliphatic rings. The number of hydrogen-bond acceptors (Lipinski definition) is 4. The summed E-state index contributed by atoms with van der Waals surface area (Å²) in [5, 5.41) is 13.8. The van der Waals surface area contributed by atoms with E-state index in [1.165, 1.54) is 6.07 Å². The fraction of sp³-hybridized carbons (Fsp3) is 0.615. The van der Waals surface area contributed by atoms with Gasteiger partial charge in [-0.1, -0.05) is 6.92 Å². The van der Waals surface area contributed by atoms with Gasteiger partial charge in [0, 0.05) is 6.04 Å². The Morgan fingerprint density at radius 2 is 1.86 bits per heavy atom. The molecule has 1 fully saturated rings. The Morgan fingerprint density at radius 3 is 2.52 bits per heavy atom. The van der Waals surface area contributed by atoms with Crippen LogP contribution in [0.2, 0.25) is 0 Å². The summed E-state index contributed by atoms with van der Waals surface area (Å²) in [5.74, 6) is 0.0407. The summed E-state index contributed by atoms with van der Waals surface area (Å²) in [6.07, 6.45) is -0.295. The molecule has 0 atom stereocenters. The first-order valence-corrected chi connectivity index (χ1v) is 6.99. The number of fused-ring (bicyclic) bond motifs is 1. The van der Waals surface area contributed by atoms with E-state index in [0.717, 1.165) is 30.2 Å². The molecule has 5 nitrogen and oxygen atoms in total. The summed E-state index contributed by atoms with van der Waals surface area (Å²) < 4.78 is 39.1. The third-order valence-corrected chi connectivity index (χ3v) is 3.88. The lowest BCUT2D eigenvalue weighted by Crippen LogP contribution is -2.26. The number of nitrogens with zero attached hydrogens (tertiary/aromatic N) is 4. The highest BCUT2D eigenvalue weighted by Crippen LogP contribution is 2.28. The van der Waals surface area contributed by atoms with Gasteiger partial charge >= 0.3 is 6.18 Å². The number of hydrogen-bond donors (Lipinski definition) is 1. The van der Waals surface area contributed by atoms with Crippen molar-refractivity contribution in [2.75, 3.05) is 5.32 Å². The Morgan fingerprint density at radius 1 is 1.14 bits per heavy atom. The Labute approximate surface area is 119 Å². The third-order valence-electron chi connectivity index (χ3n) is 3.88.